The lowest BCUT2D eigenvalue weighted by Crippen LogP contribution is -2.36. The minimum atomic E-state index is -0.219. The van der Waals surface area contributed by atoms with Crippen molar-refractivity contribution in [2.75, 3.05) is 0 Å². The van der Waals surface area contributed by atoms with Gasteiger partial charge in [0.2, 0.25) is 0 Å². The topological polar surface area (TPSA) is 148 Å². The van der Waals surface area contributed by atoms with Crippen LogP contribution < -0.4 is 0 Å². The molecular formula is C42H60N12. The molecule has 54 heavy (non-hydrogen) atoms. The molecule has 0 atom stereocenters. The van der Waals surface area contributed by atoms with Crippen LogP contribution in [-0.4, -0.2) is 68.5 Å². The first-order valence-electron chi connectivity index (χ1n) is 20.1. The van der Waals surface area contributed by atoms with E-state index in [9.17, 15) is 0 Å². The Bertz CT molecular complexity index is 1510. The van der Waals surface area contributed by atoms with Crippen LogP contribution in [0.25, 0.3) is 0 Å². The molecule has 1 fully saturated rings. The van der Waals surface area contributed by atoms with E-state index in [2.05, 4.69) is 83.1 Å². The van der Waals surface area contributed by atoms with Gasteiger partial charge in [0, 0.05) is 32.5 Å². The Morgan fingerprint density at radius 3 is 0.333 bits per heavy atom. The standard InChI is InChI=1S/C42H60N12/c1-37(2)25-13-15-27-38(3,4)29(47-45-27)17-19-31-40(7,8)33(51-49-31)21-23-35-42(11,12)36(54-53-35)24-22-34-41(9,10)32(50-52-34)20-18-30-39(5,6)28(46-48-30)16-14-26(37)44-43-25/h13-24H2,1-12H3. The molecule has 0 aromatic heterocycles. The third kappa shape index (κ3) is 6.48. The van der Waals surface area contributed by atoms with Crippen molar-refractivity contribution in [1.29, 1.82) is 0 Å². The van der Waals surface area contributed by atoms with Gasteiger partial charge in [0.15, 0.2) is 0 Å². The third-order valence-electron chi connectivity index (χ3n) is 14.0. The summed E-state index contributed by atoms with van der Waals surface area (Å²) >= 11 is 0. The average molecular weight is 733 g/mol. The van der Waals surface area contributed by atoms with Gasteiger partial charge in [-0.15, -0.1) is 0 Å². The zero-order valence-electron chi connectivity index (χ0n) is 34.9. The zero-order valence-corrected chi connectivity index (χ0v) is 34.9. The molecule has 0 radical (unpaired) electrons. The first kappa shape index (κ1) is 38.3. The molecule has 0 N–H and O–H groups in total. The number of rotatable bonds is 0. The molecule has 12 bridgehead atoms. The molecule has 0 aromatic rings. The van der Waals surface area contributed by atoms with Crippen LogP contribution in [0.1, 0.15) is 160 Å². The van der Waals surface area contributed by atoms with Gasteiger partial charge in [-0.25, -0.2) is 0 Å². The van der Waals surface area contributed by atoms with Crippen molar-refractivity contribution >= 4 is 68.5 Å². The van der Waals surface area contributed by atoms with Crippen LogP contribution in [-0.2, 0) is 0 Å². The summed E-state index contributed by atoms with van der Waals surface area (Å²) in [4.78, 5) is 0. The molecule has 1 saturated carbocycles. The van der Waals surface area contributed by atoms with Crippen LogP contribution in [0.15, 0.2) is 61.2 Å². The largest absolute Gasteiger partial charge is 0.159 e. The van der Waals surface area contributed by atoms with Crippen LogP contribution in [0.3, 0.4) is 0 Å². The molecule has 0 amide bonds. The van der Waals surface area contributed by atoms with Crippen LogP contribution in [0, 0.1) is 32.5 Å². The normalized spacial score (nSPS) is 28.2. The predicted molar refractivity (Wildman–Crippen MR) is 227 cm³/mol. The Kier molecular flexibility index (Phi) is 9.48. The van der Waals surface area contributed by atoms with Gasteiger partial charge in [-0.1, -0.05) is 0 Å². The van der Waals surface area contributed by atoms with E-state index in [0.717, 1.165) is 146 Å². The third-order valence-corrected chi connectivity index (χ3v) is 14.0. The summed E-state index contributed by atoms with van der Waals surface area (Å²) in [5.41, 5.74) is 12.0. The van der Waals surface area contributed by atoms with E-state index in [1.807, 2.05) is 0 Å². The van der Waals surface area contributed by atoms with Gasteiger partial charge in [-0.05, 0) is 160 Å². The predicted octanol–water partition coefficient (Wildman–Crippen LogP) is 9.70. The van der Waals surface area contributed by atoms with E-state index in [4.69, 9.17) is 61.2 Å². The maximum absolute atomic E-state index is 4.73. The Morgan fingerprint density at radius 1 is 0.185 bits per heavy atom. The summed E-state index contributed by atoms with van der Waals surface area (Å²) in [5.74, 6) is 0. The molecule has 1 aliphatic carbocycles. The minimum Gasteiger partial charge on any atom is -0.159 e. The molecule has 7 rings (SSSR count). The van der Waals surface area contributed by atoms with Crippen molar-refractivity contribution in [3.8, 4) is 0 Å². The molecule has 6 aliphatic heterocycles. The van der Waals surface area contributed by atoms with E-state index < -0.39 is 0 Å². The fourth-order valence-corrected chi connectivity index (χ4v) is 8.99. The van der Waals surface area contributed by atoms with Gasteiger partial charge in [-0.2, -0.15) is 61.2 Å². The molecule has 0 unspecified atom stereocenters. The number of fused-ring (bicyclic) bond motifs is 12. The second-order valence-corrected chi connectivity index (χ2v) is 19.3. The number of hydrogen-bond donors (Lipinski definition) is 0. The van der Waals surface area contributed by atoms with E-state index in [-0.39, 0.29) is 32.5 Å². The van der Waals surface area contributed by atoms with Gasteiger partial charge in [0.05, 0.1) is 68.5 Å². The average Bonchev–Trinajstić information content (AvgIpc) is 3.86. The van der Waals surface area contributed by atoms with Gasteiger partial charge < -0.3 is 0 Å². The lowest BCUT2D eigenvalue weighted by molar-refractivity contribution is 0.669. The fourth-order valence-electron chi connectivity index (χ4n) is 8.99. The van der Waals surface area contributed by atoms with Crippen molar-refractivity contribution in [3.05, 3.63) is 0 Å². The lowest BCUT2D eigenvalue weighted by Gasteiger charge is -2.28. The monoisotopic (exact) mass is 733 g/mol. The Labute approximate surface area is 321 Å². The van der Waals surface area contributed by atoms with Crippen molar-refractivity contribution in [2.24, 2.45) is 93.7 Å². The summed E-state index contributed by atoms with van der Waals surface area (Å²) in [6.45, 7) is 27.0. The van der Waals surface area contributed by atoms with Crippen LogP contribution >= 0.6 is 0 Å². The van der Waals surface area contributed by atoms with E-state index >= 15 is 0 Å². The summed E-state index contributed by atoms with van der Waals surface area (Å²) in [7, 11) is 0. The van der Waals surface area contributed by atoms with Crippen LogP contribution in [0.5, 0.6) is 0 Å². The highest BCUT2D eigenvalue weighted by Crippen LogP contribution is 2.40. The van der Waals surface area contributed by atoms with E-state index in [0.29, 0.717) is 0 Å². The molecule has 0 spiro atoms. The first-order valence-corrected chi connectivity index (χ1v) is 20.1. The fraction of sp³-hybridized carbons (Fsp3) is 0.714. The SMILES string of the molecule is CC1(C)C2=NN=C1CCC1=NN=C(CCC3=NN=C(CCC4=NN=C(CCC5=NN=C(CCC6=NN=C(CC2)C6(C)C)C5(C)C)C4(C)C)C3(C)C)C1(C)C. The van der Waals surface area contributed by atoms with Gasteiger partial charge >= 0.3 is 0 Å². The quantitative estimate of drug-likeness (QED) is 0.233. The van der Waals surface area contributed by atoms with E-state index in [1.165, 1.54) is 0 Å². The second-order valence-electron chi connectivity index (χ2n) is 19.3. The van der Waals surface area contributed by atoms with E-state index in [1.54, 1.807) is 0 Å². The maximum atomic E-state index is 4.73. The molecular weight excluding hydrogens is 673 g/mol. The highest BCUT2D eigenvalue weighted by atomic mass is 15.3. The molecule has 7 aliphatic rings. The van der Waals surface area contributed by atoms with Gasteiger partial charge in [0.25, 0.3) is 0 Å². The van der Waals surface area contributed by atoms with Crippen LogP contribution in [0.2, 0.25) is 0 Å². The molecule has 0 aromatic carbocycles. The molecule has 12 heteroatoms. The zero-order chi connectivity index (χ0) is 38.9. The Morgan fingerprint density at radius 2 is 0.259 bits per heavy atom. The van der Waals surface area contributed by atoms with Crippen LogP contribution in [0.4, 0.5) is 0 Å². The number of nitrogens with zero attached hydrogens (tertiary/aromatic N) is 12. The molecule has 288 valence electrons. The first-order chi connectivity index (χ1) is 25.3. The highest BCUT2D eigenvalue weighted by Gasteiger charge is 2.44. The smallest absolute Gasteiger partial charge is 0.0522 e. The van der Waals surface area contributed by atoms with Gasteiger partial charge in [-0.3, -0.25) is 0 Å². The Hall–Kier alpha value is -3.96. The minimum absolute atomic E-state index is 0.219. The van der Waals surface area contributed by atoms with Crippen molar-refractivity contribution in [3.63, 3.8) is 0 Å². The number of hydrogen-bond acceptors (Lipinski definition) is 12. The molecule has 0 saturated heterocycles. The summed E-state index contributed by atoms with van der Waals surface area (Å²) in [6, 6.07) is 0. The van der Waals surface area contributed by atoms with Gasteiger partial charge in [0.1, 0.15) is 0 Å². The molecule has 6 heterocycles. The highest BCUT2D eigenvalue weighted by molar-refractivity contribution is 6.22. The summed E-state index contributed by atoms with van der Waals surface area (Å²) < 4.78 is 0. The summed E-state index contributed by atoms with van der Waals surface area (Å²) in [6.07, 6.45) is 9.69. The second kappa shape index (κ2) is 13.4. The Balaban J connectivity index is 1.06. The maximum Gasteiger partial charge on any atom is 0.0522 e. The van der Waals surface area contributed by atoms with Crippen molar-refractivity contribution in [1.82, 2.24) is 0 Å². The summed E-state index contributed by atoms with van der Waals surface area (Å²) in [5, 5.41) is 56.8. The lowest BCUT2D eigenvalue weighted by atomic mass is 9.73. The molecule has 12 nitrogen and oxygen atoms in total. The van der Waals surface area contributed by atoms with Crippen molar-refractivity contribution in [2.45, 2.75) is 160 Å². The van der Waals surface area contributed by atoms with Crippen molar-refractivity contribution < 1.29 is 0 Å².